The zero-order valence-corrected chi connectivity index (χ0v) is 65.1. The first-order valence-corrected chi connectivity index (χ1v) is 39.2. The highest BCUT2D eigenvalue weighted by Gasteiger charge is 2.24. The molecule has 554 valence electrons. The van der Waals surface area contributed by atoms with E-state index >= 15 is 0 Å². The highest BCUT2D eigenvalue weighted by Crippen LogP contribution is 2.42. The van der Waals surface area contributed by atoms with Crippen LogP contribution in [-0.4, -0.2) is 15.0 Å². The van der Waals surface area contributed by atoms with Gasteiger partial charge in [0.15, 0.2) is 24.8 Å². The van der Waals surface area contributed by atoms with Crippen LogP contribution in [0.3, 0.4) is 0 Å². The quantitative estimate of drug-likeness (QED) is 0.161. The number of hydrogen-bond acceptors (Lipinski definition) is 7. The van der Waals surface area contributed by atoms with Crippen LogP contribution in [0.25, 0.3) is 170 Å². The number of para-hydroxylation sites is 1. The van der Waals surface area contributed by atoms with Gasteiger partial charge in [0.25, 0.3) is 0 Å². The van der Waals surface area contributed by atoms with Gasteiger partial charge in [-0.1, -0.05) is 176 Å². The number of rotatable bonds is 5. The van der Waals surface area contributed by atoms with Gasteiger partial charge in [-0.05, 0) is 184 Å². The van der Waals surface area contributed by atoms with E-state index in [9.17, 15) is 0 Å². The number of aromatic nitrogens is 7. The van der Waals surface area contributed by atoms with Crippen LogP contribution in [0.1, 0.15) is 109 Å². The van der Waals surface area contributed by atoms with E-state index in [1.54, 1.807) is 69.6 Å². The van der Waals surface area contributed by atoms with Crippen molar-refractivity contribution in [3.63, 3.8) is 0 Å². The summed E-state index contributed by atoms with van der Waals surface area (Å²) in [4.78, 5) is 18.0. The van der Waals surface area contributed by atoms with Gasteiger partial charge >= 0.3 is 0 Å². The first-order chi connectivity index (χ1) is 54.4. The fourth-order valence-corrected chi connectivity index (χ4v) is 19.7. The fourth-order valence-electron chi connectivity index (χ4n) is 15.1. The van der Waals surface area contributed by atoms with E-state index in [1.807, 2.05) is 60.0 Å². The Labute approximate surface area is 679 Å². The molecule has 0 N–H and O–H groups in total. The predicted molar refractivity (Wildman–Crippen MR) is 486 cm³/mol. The Morgan fingerprint density at radius 2 is 0.649 bits per heavy atom. The molecule has 20 rings (SSSR count). The largest absolute Gasteiger partial charge is 0.237 e. The standard InChI is InChI=1S/C27H26NS.C24H21N2S.C23H19N2S.C22H17N2S.4CH4/c1-16(2)19-7-8-20-12-23-24-14-25(22-9-6-17(3)10-18(22)4)28(5)15-27(24)29-26(23)13-21(20)11-19;1-14-6-8-18(16(3)9-14)22-12-19-20-11-17-7-5-15(2)10-21(17)25-24(20)27-23(19)13-26(22)4;1-14-8-9-16-11-19-18-12-21(17-7-5-4-6-15(17)2)25(3)13-22(18)26-23(19)24-20(16)10-14;1-14-7-3-5-9-16(14)20-12-17-18-11-15-8-4-6-10-19(15)23-22(18)25-21(17)13-24(20)2;;;;/h6-16H,1-5H3;5-13H,1-4H3;4-13H,1-3H3;3-13H,1-2H3;4*1H4/q4*+1;;;;/i3D3,16D;1D3;;;;;;. The summed E-state index contributed by atoms with van der Waals surface area (Å²) < 4.78 is 69.3. The molecule has 11 aromatic heterocycles. The van der Waals surface area contributed by atoms with Crippen molar-refractivity contribution in [1.82, 2.24) is 15.0 Å². The first-order valence-electron chi connectivity index (χ1n) is 39.5. The van der Waals surface area contributed by atoms with Gasteiger partial charge in [-0.25, -0.2) is 15.0 Å². The molecule has 0 radical (unpaired) electrons. The van der Waals surface area contributed by atoms with E-state index in [-0.39, 0.29) is 29.7 Å². The molecule has 7 nitrogen and oxygen atoms in total. The Balaban J connectivity index is 0.000000136. The summed E-state index contributed by atoms with van der Waals surface area (Å²) in [5.41, 5.74) is 21.1. The predicted octanol–water partition coefficient (Wildman–Crippen LogP) is 27.1. The van der Waals surface area contributed by atoms with Gasteiger partial charge in [-0.15, -0.1) is 45.3 Å². The molecule has 0 bridgehead atoms. The zero-order chi connectivity index (χ0) is 79.7. The van der Waals surface area contributed by atoms with Crippen molar-refractivity contribution >= 4 is 170 Å². The molecule has 0 unspecified atom stereocenters. The number of aryl methyl sites for hydroxylation is 12. The lowest BCUT2D eigenvalue weighted by atomic mass is 9.98. The summed E-state index contributed by atoms with van der Waals surface area (Å²) >= 11 is 7.02. The van der Waals surface area contributed by atoms with E-state index in [4.69, 9.17) is 24.5 Å². The topological polar surface area (TPSA) is 54.2 Å². The number of fused-ring (bicyclic) bond motifs is 16. The van der Waals surface area contributed by atoms with E-state index in [0.29, 0.717) is 11.1 Å². The molecular formula is C100H99N7S4+4. The minimum absolute atomic E-state index is 0. The van der Waals surface area contributed by atoms with Crippen LogP contribution in [-0.2, 0) is 28.2 Å². The maximum absolute atomic E-state index is 8.36. The van der Waals surface area contributed by atoms with Crippen molar-refractivity contribution in [1.29, 1.82) is 0 Å². The Bertz CT molecular complexity index is 7350. The maximum atomic E-state index is 8.36. The van der Waals surface area contributed by atoms with E-state index in [1.165, 1.54) is 122 Å². The van der Waals surface area contributed by atoms with Gasteiger partial charge in [0.2, 0.25) is 22.8 Å². The van der Waals surface area contributed by atoms with Crippen LogP contribution in [0.4, 0.5) is 0 Å². The van der Waals surface area contributed by atoms with Crippen molar-refractivity contribution in [3.05, 3.63) is 293 Å². The first kappa shape index (κ1) is 69.2. The van der Waals surface area contributed by atoms with Crippen molar-refractivity contribution in [2.45, 2.75) is 105 Å². The Morgan fingerprint density at radius 3 is 1.07 bits per heavy atom. The van der Waals surface area contributed by atoms with Gasteiger partial charge in [-0.2, -0.15) is 18.3 Å². The lowest BCUT2D eigenvalue weighted by Crippen LogP contribution is -2.30. The summed E-state index contributed by atoms with van der Waals surface area (Å²) in [6.07, 6.45) is 8.77. The van der Waals surface area contributed by atoms with Gasteiger partial charge < -0.3 is 0 Å². The van der Waals surface area contributed by atoms with E-state index < -0.39 is 19.6 Å². The smallest absolute Gasteiger partial charge is 0.213 e. The molecule has 0 saturated carbocycles. The van der Waals surface area contributed by atoms with E-state index in [0.717, 1.165) is 86.4 Å². The van der Waals surface area contributed by atoms with Gasteiger partial charge in [0.05, 0.1) is 21.3 Å². The third kappa shape index (κ3) is 14.8. The number of thiophene rings is 4. The summed E-state index contributed by atoms with van der Waals surface area (Å²) in [6, 6.07) is 75.8. The molecule has 0 aliphatic rings. The number of nitrogens with zero attached hydrogens (tertiary/aromatic N) is 7. The Morgan fingerprint density at radius 1 is 0.297 bits per heavy atom. The van der Waals surface area contributed by atoms with Crippen LogP contribution in [0.5, 0.6) is 0 Å². The third-order valence-corrected chi connectivity index (χ3v) is 25.1. The lowest BCUT2D eigenvalue weighted by molar-refractivity contribution is -0.659. The number of hydrogen-bond donors (Lipinski definition) is 0. The van der Waals surface area contributed by atoms with E-state index in [2.05, 4.69) is 261 Å². The average Bonchev–Trinajstić information content (AvgIpc) is 1.61. The SMILES string of the molecule is C.C.C.C.Cc1ccc2cc3c(nc2c1)sc1c[n+](C)c(-c2ccccc2C)cc13.Cc1ccccc1-c1cc2c(c[n+]1C)sc1nc3ccccc3cc12.[2H]C([2H])([2H])c1ccc(-c2cc3c(c[n+]2C)sc2cc4cc(C([2H])(C)C)ccc4cc23)c(C)c1.[2H]C([2H])([2H])c1ccc(-c2cc3c(c[n+]2C)sc2nc4cc(C)ccc4cc23)c(C)c1. The number of benzene rings is 9. The average molecular weight is 1530 g/mol. The van der Waals surface area contributed by atoms with Crippen LogP contribution in [0.15, 0.2) is 243 Å². The Kier molecular flexibility index (Phi) is 19.5. The molecule has 0 saturated heterocycles. The van der Waals surface area contributed by atoms with Crippen LogP contribution >= 0.6 is 45.3 Å². The highest BCUT2D eigenvalue weighted by molar-refractivity contribution is 7.26. The maximum Gasteiger partial charge on any atom is 0.213 e. The van der Waals surface area contributed by atoms with Gasteiger partial charge in [0, 0.05) is 120 Å². The molecule has 20 aromatic rings. The minimum Gasteiger partial charge on any atom is -0.237 e. The molecule has 0 aliphatic carbocycles. The molecule has 9 aromatic carbocycles. The van der Waals surface area contributed by atoms with Gasteiger partial charge in [0.1, 0.15) is 56.8 Å². The molecule has 11 heteroatoms. The molecular weight excluding hydrogens is 1430 g/mol. The molecule has 111 heavy (non-hydrogen) atoms. The second-order valence-corrected chi connectivity index (χ2v) is 33.0. The second kappa shape index (κ2) is 31.4. The van der Waals surface area contributed by atoms with Crippen molar-refractivity contribution < 1.29 is 27.9 Å². The fraction of sp³-hybridized carbons (Fsp3) is 0.190. The molecule has 0 amide bonds. The summed E-state index contributed by atoms with van der Waals surface area (Å²) in [5, 5.41) is 15.7. The molecule has 11 heterocycles. The zero-order valence-electron chi connectivity index (χ0n) is 68.9. The third-order valence-electron chi connectivity index (χ3n) is 20.9. The molecule has 0 atom stereocenters. The monoisotopic (exact) mass is 1530 g/mol. The second-order valence-electron chi connectivity index (χ2n) is 28.8. The van der Waals surface area contributed by atoms with Crippen molar-refractivity contribution in [3.8, 4) is 45.0 Å². The van der Waals surface area contributed by atoms with Crippen LogP contribution < -0.4 is 18.3 Å². The molecule has 0 aliphatic heterocycles. The van der Waals surface area contributed by atoms with Crippen molar-refractivity contribution in [2.75, 3.05) is 0 Å². The highest BCUT2D eigenvalue weighted by atomic mass is 32.1. The van der Waals surface area contributed by atoms with Crippen LogP contribution in [0, 0.1) is 55.2 Å². The number of pyridine rings is 7. The summed E-state index contributed by atoms with van der Waals surface area (Å²) in [6.45, 7) is 12.1. The normalized spacial score (nSPS) is 12.6. The van der Waals surface area contributed by atoms with Crippen LogP contribution in [0.2, 0.25) is 0 Å². The van der Waals surface area contributed by atoms with Crippen molar-refractivity contribution in [2.24, 2.45) is 28.2 Å². The van der Waals surface area contributed by atoms with Gasteiger partial charge in [-0.3, -0.25) is 0 Å². The molecule has 0 spiro atoms. The molecule has 0 fully saturated rings. The summed E-state index contributed by atoms with van der Waals surface area (Å²) in [5.74, 6) is -0.626. The Hall–Kier alpha value is -11.1. The summed E-state index contributed by atoms with van der Waals surface area (Å²) in [7, 11) is 8.31. The lowest BCUT2D eigenvalue weighted by Gasteiger charge is -2.07. The minimum atomic E-state index is -2.10.